The number of piperazine rings is 1. The van der Waals surface area contributed by atoms with Gasteiger partial charge in [0.25, 0.3) is 0 Å². The van der Waals surface area contributed by atoms with Crippen LogP contribution in [-0.2, 0) is 4.79 Å². The Hall–Kier alpha value is -1.05. The fourth-order valence-electron chi connectivity index (χ4n) is 2.61. The van der Waals surface area contributed by atoms with Crippen LogP contribution < -0.4 is 10.2 Å². The van der Waals surface area contributed by atoms with Gasteiger partial charge in [-0.1, -0.05) is 49.5 Å². The van der Waals surface area contributed by atoms with E-state index in [1.165, 1.54) is 24.6 Å². The normalized spacial score (nSPS) is 15.4. The number of unbranched alkanes of at least 4 members (excludes halogenated alkanes) is 3. The summed E-state index contributed by atoms with van der Waals surface area (Å²) >= 11 is 7.48. The second-order valence-electron chi connectivity index (χ2n) is 6.32. The molecular formula is C17H28ClN5OS. The third-order valence-corrected chi connectivity index (χ3v) is 5.21. The molecule has 1 aromatic heterocycles. The lowest BCUT2D eigenvalue weighted by molar-refractivity contribution is -0.118. The zero-order chi connectivity index (χ0) is 18.1. The molecule has 0 unspecified atom stereocenters. The Morgan fingerprint density at radius 3 is 2.72 bits per heavy atom. The number of nitrogens with one attached hydrogen (secondary N) is 1. The standard InChI is InChI=1S/C17H28ClN5OS/c1-3-4-5-6-7-19-16(24)13-25-17-20-14(18)12-15(21-17)23-10-8-22(2)9-11-23/h12H,3-11,13H2,1-2H3,(H,19,24). The first kappa shape index (κ1) is 20.3. The first-order valence-corrected chi connectivity index (χ1v) is 10.3. The van der Waals surface area contributed by atoms with Crippen LogP contribution in [0.3, 0.4) is 0 Å². The van der Waals surface area contributed by atoms with Gasteiger partial charge in [0.2, 0.25) is 5.91 Å². The van der Waals surface area contributed by atoms with Crippen molar-refractivity contribution in [3.63, 3.8) is 0 Å². The summed E-state index contributed by atoms with van der Waals surface area (Å²) < 4.78 is 0. The van der Waals surface area contributed by atoms with E-state index >= 15 is 0 Å². The highest BCUT2D eigenvalue weighted by Crippen LogP contribution is 2.22. The first-order chi connectivity index (χ1) is 12.1. The van der Waals surface area contributed by atoms with Crippen molar-refractivity contribution in [2.24, 2.45) is 0 Å². The number of aromatic nitrogens is 2. The molecule has 0 radical (unpaired) electrons. The minimum absolute atomic E-state index is 0.0196. The van der Waals surface area contributed by atoms with E-state index < -0.39 is 0 Å². The van der Waals surface area contributed by atoms with E-state index in [1.54, 1.807) is 6.07 Å². The van der Waals surface area contributed by atoms with Crippen molar-refractivity contribution in [3.05, 3.63) is 11.2 Å². The fourth-order valence-corrected chi connectivity index (χ4v) is 3.52. The Labute approximate surface area is 159 Å². The van der Waals surface area contributed by atoms with Gasteiger partial charge in [0.15, 0.2) is 5.16 Å². The molecule has 0 atom stereocenters. The van der Waals surface area contributed by atoms with Crippen LogP contribution in [0.4, 0.5) is 5.82 Å². The molecule has 1 saturated heterocycles. The zero-order valence-electron chi connectivity index (χ0n) is 15.1. The predicted molar refractivity (Wildman–Crippen MR) is 105 cm³/mol. The number of rotatable bonds is 9. The lowest BCUT2D eigenvalue weighted by Crippen LogP contribution is -2.44. The lowest BCUT2D eigenvalue weighted by Gasteiger charge is -2.33. The Bertz CT molecular complexity index is 552. The minimum Gasteiger partial charge on any atom is -0.355 e. The highest BCUT2D eigenvalue weighted by atomic mass is 35.5. The second kappa shape index (κ2) is 10.8. The number of thioether (sulfide) groups is 1. The van der Waals surface area contributed by atoms with Gasteiger partial charge in [0.1, 0.15) is 11.0 Å². The van der Waals surface area contributed by atoms with Crippen molar-refractivity contribution in [2.45, 2.75) is 37.8 Å². The first-order valence-electron chi connectivity index (χ1n) is 8.96. The van der Waals surface area contributed by atoms with Crippen molar-refractivity contribution in [3.8, 4) is 0 Å². The average Bonchev–Trinajstić information content (AvgIpc) is 2.60. The van der Waals surface area contributed by atoms with E-state index in [0.717, 1.165) is 51.4 Å². The largest absolute Gasteiger partial charge is 0.355 e. The highest BCUT2D eigenvalue weighted by Gasteiger charge is 2.17. The Morgan fingerprint density at radius 1 is 1.24 bits per heavy atom. The smallest absolute Gasteiger partial charge is 0.230 e. The van der Waals surface area contributed by atoms with Crippen LogP contribution in [0.2, 0.25) is 5.15 Å². The van der Waals surface area contributed by atoms with Gasteiger partial charge >= 0.3 is 0 Å². The number of nitrogens with zero attached hydrogens (tertiary/aromatic N) is 4. The maximum Gasteiger partial charge on any atom is 0.230 e. The number of halogens is 1. The number of hydrogen-bond acceptors (Lipinski definition) is 6. The van der Waals surface area contributed by atoms with Gasteiger partial charge in [0, 0.05) is 38.8 Å². The fraction of sp³-hybridized carbons (Fsp3) is 0.706. The number of carbonyl (C=O) groups excluding carboxylic acids is 1. The third kappa shape index (κ3) is 7.38. The molecule has 1 fully saturated rings. The molecule has 1 aromatic rings. The van der Waals surface area contributed by atoms with Gasteiger partial charge in [-0.3, -0.25) is 4.79 Å². The monoisotopic (exact) mass is 385 g/mol. The summed E-state index contributed by atoms with van der Waals surface area (Å²) in [7, 11) is 2.12. The SMILES string of the molecule is CCCCCCNC(=O)CSc1nc(Cl)cc(N2CCN(C)CC2)n1. The van der Waals surface area contributed by atoms with Crippen LogP contribution >= 0.6 is 23.4 Å². The van der Waals surface area contributed by atoms with Gasteiger partial charge in [-0.05, 0) is 13.5 Å². The van der Waals surface area contributed by atoms with Crippen molar-refractivity contribution >= 4 is 35.1 Å². The molecule has 6 nitrogen and oxygen atoms in total. The minimum atomic E-state index is 0.0196. The Balaban J connectivity index is 1.80. The van der Waals surface area contributed by atoms with Crippen molar-refractivity contribution in [1.82, 2.24) is 20.2 Å². The number of carbonyl (C=O) groups is 1. The van der Waals surface area contributed by atoms with Gasteiger partial charge in [-0.2, -0.15) is 0 Å². The number of anilines is 1. The van der Waals surface area contributed by atoms with Crippen LogP contribution in [-0.4, -0.2) is 66.3 Å². The van der Waals surface area contributed by atoms with E-state index in [0.29, 0.717) is 16.1 Å². The molecule has 0 aromatic carbocycles. The van der Waals surface area contributed by atoms with Gasteiger partial charge in [0.05, 0.1) is 5.75 Å². The van der Waals surface area contributed by atoms with Gasteiger partial charge in [-0.15, -0.1) is 0 Å². The Morgan fingerprint density at radius 2 is 2.00 bits per heavy atom. The van der Waals surface area contributed by atoms with Gasteiger partial charge in [-0.25, -0.2) is 9.97 Å². The molecule has 1 N–H and O–H groups in total. The van der Waals surface area contributed by atoms with E-state index in [-0.39, 0.29) is 5.91 Å². The van der Waals surface area contributed by atoms with Crippen molar-refractivity contribution in [2.75, 3.05) is 50.4 Å². The quantitative estimate of drug-likeness (QED) is 0.305. The number of likely N-dealkylation sites (N-methyl/N-ethyl adjacent to an activating group) is 1. The van der Waals surface area contributed by atoms with Crippen LogP contribution in [0.25, 0.3) is 0 Å². The van der Waals surface area contributed by atoms with Crippen molar-refractivity contribution < 1.29 is 4.79 Å². The summed E-state index contributed by atoms with van der Waals surface area (Å²) in [5.41, 5.74) is 0. The molecular weight excluding hydrogens is 358 g/mol. The molecule has 0 spiro atoms. The average molecular weight is 386 g/mol. The summed E-state index contributed by atoms with van der Waals surface area (Å²) in [5, 5.41) is 3.93. The highest BCUT2D eigenvalue weighted by molar-refractivity contribution is 7.99. The van der Waals surface area contributed by atoms with Crippen LogP contribution in [0.1, 0.15) is 32.6 Å². The molecule has 1 aliphatic rings. The number of hydrogen-bond donors (Lipinski definition) is 1. The lowest BCUT2D eigenvalue weighted by atomic mass is 10.2. The second-order valence-corrected chi connectivity index (χ2v) is 7.65. The van der Waals surface area contributed by atoms with E-state index in [9.17, 15) is 4.79 Å². The maximum atomic E-state index is 11.9. The summed E-state index contributed by atoms with van der Waals surface area (Å²) in [5.74, 6) is 1.18. The van der Waals surface area contributed by atoms with Crippen LogP contribution in [0, 0.1) is 0 Å². The molecule has 1 amide bonds. The van der Waals surface area contributed by atoms with E-state index in [4.69, 9.17) is 11.6 Å². The summed E-state index contributed by atoms with van der Waals surface area (Å²) in [6, 6.07) is 1.80. The summed E-state index contributed by atoms with van der Waals surface area (Å²) in [6.07, 6.45) is 4.61. The van der Waals surface area contributed by atoms with Crippen LogP contribution in [0.15, 0.2) is 11.2 Å². The Kier molecular flexibility index (Phi) is 8.78. The third-order valence-electron chi connectivity index (χ3n) is 4.17. The topological polar surface area (TPSA) is 61.4 Å². The number of amides is 1. The van der Waals surface area contributed by atoms with Gasteiger partial charge < -0.3 is 15.1 Å². The molecule has 140 valence electrons. The van der Waals surface area contributed by atoms with Crippen molar-refractivity contribution in [1.29, 1.82) is 0 Å². The molecule has 2 rings (SSSR count). The molecule has 25 heavy (non-hydrogen) atoms. The molecule has 0 aliphatic carbocycles. The van der Waals surface area contributed by atoms with Crippen LogP contribution in [0.5, 0.6) is 0 Å². The molecule has 0 saturated carbocycles. The predicted octanol–water partition coefficient (Wildman–Crippen LogP) is 2.67. The summed E-state index contributed by atoms with van der Waals surface area (Å²) in [6.45, 7) is 6.77. The summed E-state index contributed by atoms with van der Waals surface area (Å²) in [4.78, 5) is 25.2. The molecule has 1 aliphatic heterocycles. The zero-order valence-corrected chi connectivity index (χ0v) is 16.7. The molecule has 0 bridgehead atoms. The maximum absolute atomic E-state index is 11.9. The van der Waals surface area contributed by atoms with E-state index in [2.05, 4.69) is 39.1 Å². The molecule has 2 heterocycles. The van der Waals surface area contributed by atoms with E-state index in [1.807, 2.05) is 0 Å². The molecule has 8 heteroatoms.